The first kappa shape index (κ1) is 21.0. The van der Waals surface area contributed by atoms with Crippen LogP contribution in [0.4, 0.5) is 5.69 Å². The second-order valence-corrected chi connectivity index (χ2v) is 7.59. The molecule has 7 heteroatoms. The summed E-state index contributed by atoms with van der Waals surface area (Å²) in [6.07, 6.45) is -1.28. The average molecular weight is 428 g/mol. The highest BCUT2D eigenvalue weighted by Gasteiger charge is 2.38. The predicted octanol–water partition coefficient (Wildman–Crippen LogP) is 3.49. The number of fused-ring (bicyclic) bond motifs is 1. The molecule has 0 saturated heterocycles. The fourth-order valence-corrected chi connectivity index (χ4v) is 3.64. The summed E-state index contributed by atoms with van der Waals surface area (Å²) in [5.41, 5.74) is 8.36. The summed E-state index contributed by atoms with van der Waals surface area (Å²) in [5.74, 6) is -2.63. The van der Waals surface area contributed by atoms with Gasteiger partial charge in [0, 0.05) is 5.56 Å². The second-order valence-electron chi connectivity index (χ2n) is 7.59. The molecule has 2 N–H and O–H groups in total. The summed E-state index contributed by atoms with van der Waals surface area (Å²) in [5, 5.41) is 0. The fraction of sp³-hybridized carbons (Fsp3) is 0.120. The van der Waals surface area contributed by atoms with E-state index in [1.54, 1.807) is 36.4 Å². The Kier molecular flexibility index (Phi) is 5.32. The quantitative estimate of drug-likeness (QED) is 0.495. The van der Waals surface area contributed by atoms with Crippen LogP contribution < -0.4 is 10.6 Å². The van der Waals surface area contributed by atoms with Crippen molar-refractivity contribution in [2.75, 3.05) is 4.90 Å². The highest BCUT2D eigenvalue weighted by atomic mass is 16.5. The molecule has 1 atom stereocenters. The molecule has 0 aliphatic carbocycles. The summed E-state index contributed by atoms with van der Waals surface area (Å²) >= 11 is 0. The summed E-state index contributed by atoms with van der Waals surface area (Å²) in [6.45, 7) is 3.69. The zero-order chi connectivity index (χ0) is 23.0. The van der Waals surface area contributed by atoms with E-state index < -0.39 is 29.8 Å². The zero-order valence-electron chi connectivity index (χ0n) is 17.5. The maximum absolute atomic E-state index is 13.1. The van der Waals surface area contributed by atoms with Crippen LogP contribution in [0.2, 0.25) is 0 Å². The molecular formula is C25H20N2O5. The Balaban J connectivity index is 1.64. The molecule has 1 aliphatic heterocycles. The summed E-state index contributed by atoms with van der Waals surface area (Å²) in [6, 6.07) is 18.0. The Hall–Kier alpha value is -4.26. The lowest BCUT2D eigenvalue weighted by Gasteiger charge is -2.17. The summed E-state index contributed by atoms with van der Waals surface area (Å²) in [4.78, 5) is 51.7. The number of hydrogen-bond acceptors (Lipinski definition) is 5. The first-order valence-electron chi connectivity index (χ1n) is 9.93. The zero-order valence-corrected chi connectivity index (χ0v) is 17.5. The van der Waals surface area contributed by atoms with Gasteiger partial charge in [-0.2, -0.15) is 0 Å². The van der Waals surface area contributed by atoms with Crippen LogP contribution in [0, 0.1) is 13.8 Å². The van der Waals surface area contributed by atoms with Crippen LogP contribution in [-0.2, 0) is 9.53 Å². The number of hydrogen-bond donors (Lipinski definition) is 1. The van der Waals surface area contributed by atoms with Crippen LogP contribution >= 0.6 is 0 Å². The van der Waals surface area contributed by atoms with Gasteiger partial charge in [0.25, 0.3) is 17.7 Å². The molecule has 1 unspecified atom stereocenters. The van der Waals surface area contributed by atoms with Crippen LogP contribution in [0.3, 0.4) is 0 Å². The maximum Gasteiger partial charge on any atom is 0.339 e. The van der Waals surface area contributed by atoms with Crippen LogP contribution in [-0.4, -0.2) is 23.7 Å². The Bertz CT molecular complexity index is 1270. The summed E-state index contributed by atoms with van der Waals surface area (Å²) in [7, 11) is 0. The maximum atomic E-state index is 13.1. The number of imide groups is 1. The molecule has 1 heterocycles. The molecule has 7 nitrogen and oxygen atoms in total. The number of primary amides is 1. The van der Waals surface area contributed by atoms with Crippen molar-refractivity contribution in [3.8, 4) is 0 Å². The minimum Gasteiger partial charge on any atom is -0.444 e. The standard InChI is InChI=1S/C25H20N2O5/c1-14-8-9-15(2)20(12-14)27-23(29)18-11-10-17(13-19(18)24(27)30)25(31)32-21(22(26)28)16-6-4-3-5-7-16/h3-13,21H,1-2H3,(H2,26,28). The molecule has 3 aromatic rings. The molecule has 1 aliphatic rings. The van der Waals surface area contributed by atoms with Crippen LogP contribution in [0.25, 0.3) is 0 Å². The SMILES string of the molecule is Cc1ccc(C)c(N2C(=O)c3ccc(C(=O)OC(C(N)=O)c4ccccc4)cc3C2=O)c1. The molecule has 32 heavy (non-hydrogen) atoms. The van der Waals surface area contributed by atoms with Gasteiger partial charge >= 0.3 is 5.97 Å². The Morgan fingerprint density at radius 1 is 0.875 bits per heavy atom. The van der Waals surface area contributed by atoms with E-state index >= 15 is 0 Å². The number of nitrogens with zero attached hydrogens (tertiary/aromatic N) is 1. The van der Waals surface area contributed by atoms with Crippen LogP contribution in [0.5, 0.6) is 0 Å². The number of carbonyl (C=O) groups is 4. The Morgan fingerprint density at radius 2 is 1.56 bits per heavy atom. The normalized spacial score (nSPS) is 13.6. The molecule has 0 radical (unpaired) electrons. The van der Waals surface area contributed by atoms with E-state index in [-0.39, 0.29) is 16.7 Å². The first-order valence-corrected chi connectivity index (χ1v) is 9.93. The largest absolute Gasteiger partial charge is 0.444 e. The van der Waals surface area contributed by atoms with Gasteiger partial charge in [-0.25, -0.2) is 9.69 Å². The fourth-order valence-electron chi connectivity index (χ4n) is 3.64. The van der Waals surface area contributed by atoms with Gasteiger partial charge in [-0.3, -0.25) is 14.4 Å². The first-order chi connectivity index (χ1) is 15.3. The van der Waals surface area contributed by atoms with Gasteiger partial charge in [0.1, 0.15) is 0 Å². The number of benzene rings is 3. The monoisotopic (exact) mass is 428 g/mol. The number of esters is 1. The van der Waals surface area contributed by atoms with Crippen molar-refractivity contribution in [2.24, 2.45) is 5.73 Å². The lowest BCUT2D eigenvalue weighted by molar-refractivity contribution is -0.127. The van der Waals surface area contributed by atoms with Crippen molar-refractivity contribution in [1.29, 1.82) is 0 Å². The number of rotatable bonds is 5. The van der Waals surface area contributed by atoms with Crippen LogP contribution in [0.1, 0.15) is 53.9 Å². The second kappa shape index (κ2) is 8.11. The number of amides is 3. The number of carbonyl (C=O) groups excluding carboxylic acids is 4. The molecule has 0 fully saturated rings. The smallest absolute Gasteiger partial charge is 0.339 e. The van der Waals surface area contributed by atoms with Crippen molar-refractivity contribution in [1.82, 2.24) is 0 Å². The highest BCUT2D eigenvalue weighted by Crippen LogP contribution is 2.32. The van der Waals surface area contributed by atoms with E-state index in [4.69, 9.17) is 10.5 Å². The number of ether oxygens (including phenoxy) is 1. The van der Waals surface area contributed by atoms with E-state index in [0.29, 0.717) is 11.3 Å². The van der Waals surface area contributed by atoms with Gasteiger partial charge in [0.15, 0.2) is 0 Å². The highest BCUT2D eigenvalue weighted by molar-refractivity contribution is 6.35. The molecular weight excluding hydrogens is 408 g/mol. The predicted molar refractivity (Wildman–Crippen MR) is 117 cm³/mol. The minimum absolute atomic E-state index is 0.0369. The molecule has 3 aromatic carbocycles. The summed E-state index contributed by atoms with van der Waals surface area (Å²) < 4.78 is 5.33. The van der Waals surface area contributed by atoms with Crippen molar-refractivity contribution in [3.05, 3.63) is 100 Å². The average Bonchev–Trinajstić information content (AvgIpc) is 3.03. The van der Waals surface area contributed by atoms with E-state index in [0.717, 1.165) is 16.0 Å². The van der Waals surface area contributed by atoms with E-state index in [2.05, 4.69) is 0 Å². The molecule has 0 saturated carbocycles. The molecule has 0 bridgehead atoms. The third-order valence-corrected chi connectivity index (χ3v) is 5.31. The Labute approximate surface area is 184 Å². The van der Waals surface area contributed by atoms with Crippen LogP contribution in [0.15, 0.2) is 66.7 Å². The van der Waals surface area contributed by atoms with Gasteiger partial charge in [0.05, 0.1) is 22.4 Å². The van der Waals surface area contributed by atoms with Crippen molar-refractivity contribution in [3.63, 3.8) is 0 Å². The van der Waals surface area contributed by atoms with Gasteiger partial charge < -0.3 is 10.5 Å². The number of aryl methyl sites for hydroxylation is 2. The topological polar surface area (TPSA) is 107 Å². The molecule has 3 amide bonds. The Morgan fingerprint density at radius 3 is 2.25 bits per heavy atom. The third kappa shape index (κ3) is 3.65. The third-order valence-electron chi connectivity index (χ3n) is 5.31. The molecule has 0 spiro atoms. The van der Waals surface area contributed by atoms with E-state index in [1.165, 1.54) is 18.2 Å². The van der Waals surface area contributed by atoms with Gasteiger partial charge in [-0.15, -0.1) is 0 Å². The number of anilines is 1. The van der Waals surface area contributed by atoms with Gasteiger partial charge in [0.2, 0.25) is 6.10 Å². The number of nitrogens with two attached hydrogens (primary N) is 1. The lowest BCUT2D eigenvalue weighted by Crippen LogP contribution is -2.30. The van der Waals surface area contributed by atoms with Gasteiger partial charge in [-0.05, 0) is 49.2 Å². The van der Waals surface area contributed by atoms with E-state index in [1.807, 2.05) is 26.0 Å². The lowest BCUT2D eigenvalue weighted by atomic mass is 10.1. The van der Waals surface area contributed by atoms with Crippen molar-refractivity contribution >= 4 is 29.4 Å². The molecule has 0 aromatic heterocycles. The van der Waals surface area contributed by atoms with Crippen molar-refractivity contribution < 1.29 is 23.9 Å². The minimum atomic E-state index is -1.28. The molecule has 4 rings (SSSR count). The van der Waals surface area contributed by atoms with Crippen molar-refractivity contribution in [2.45, 2.75) is 20.0 Å². The molecule has 160 valence electrons. The van der Waals surface area contributed by atoms with E-state index in [9.17, 15) is 19.2 Å². The van der Waals surface area contributed by atoms with Gasteiger partial charge in [-0.1, -0.05) is 42.5 Å².